The number of aryl methyl sites for hydroxylation is 2. The van der Waals surface area contributed by atoms with Gasteiger partial charge in [-0.2, -0.15) is 5.10 Å². The van der Waals surface area contributed by atoms with Crippen LogP contribution in [0.1, 0.15) is 31.2 Å². The molecule has 0 spiro atoms. The topological polar surface area (TPSA) is 59.0 Å². The molecule has 21 heavy (non-hydrogen) atoms. The molecule has 5 nitrogen and oxygen atoms in total. The Morgan fingerprint density at radius 2 is 2.19 bits per heavy atom. The molecular formula is C14H26Cl2N4O. The first-order chi connectivity index (χ1) is 8.98. The van der Waals surface area contributed by atoms with Crippen molar-refractivity contribution in [2.45, 2.75) is 40.2 Å². The summed E-state index contributed by atoms with van der Waals surface area (Å²) in [4.78, 5) is 12.0. The molecular weight excluding hydrogens is 311 g/mol. The van der Waals surface area contributed by atoms with Crippen LogP contribution in [0.25, 0.3) is 0 Å². The lowest BCUT2D eigenvalue weighted by Gasteiger charge is -2.34. The molecule has 2 N–H and O–H groups in total. The van der Waals surface area contributed by atoms with E-state index in [1.165, 1.54) is 12.8 Å². The zero-order valence-corrected chi connectivity index (χ0v) is 14.6. The molecule has 1 aliphatic heterocycles. The van der Waals surface area contributed by atoms with Crippen LogP contribution in [0, 0.1) is 19.3 Å². The fourth-order valence-electron chi connectivity index (χ4n) is 2.61. The Morgan fingerprint density at radius 1 is 1.48 bits per heavy atom. The molecule has 1 saturated heterocycles. The van der Waals surface area contributed by atoms with Crippen LogP contribution in [0.3, 0.4) is 0 Å². The summed E-state index contributed by atoms with van der Waals surface area (Å²) >= 11 is 0. The van der Waals surface area contributed by atoms with Crippen LogP contribution in [0.2, 0.25) is 0 Å². The van der Waals surface area contributed by atoms with Crippen LogP contribution in [0.5, 0.6) is 0 Å². The van der Waals surface area contributed by atoms with Crippen LogP contribution in [-0.2, 0) is 11.3 Å². The van der Waals surface area contributed by atoms with Crippen molar-refractivity contribution >= 4 is 30.7 Å². The van der Waals surface area contributed by atoms with E-state index >= 15 is 0 Å². The van der Waals surface area contributed by atoms with Crippen molar-refractivity contribution in [2.75, 3.05) is 19.6 Å². The molecule has 1 atom stereocenters. The van der Waals surface area contributed by atoms with Crippen molar-refractivity contribution in [1.29, 1.82) is 0 Å². The third-order valence-corrected chi connectivity index (χ3v) is 3.79. The van der Waals surface area contributed by atoms with Crippen LogP contribution < -0.4 is 10.6 Å². The Hall–Kier alpha value is -0.780. The second-order valence-corrected chi connectivity index (χ2v) is 5.95. The van der Waals surface area contributed by atoms with Gasteiger partial charge in [0, 0.05) is 18.8 Å². The van der Waals surface area contributed by atoms with Gasteiger partial charge < -0.3 is 10.6 Å². The summed E-state index contributed by atoms with van der Waals surface area (Å²) in [6.07, 6.45) is 2.35. The quantitative estimate of drug-likeness (QED) is 0.882. The number of piperidine rings is 1. The molecule has 0 aliphatic carbocycles. The van der Waals surface area contributed by atoms with Gasteiger partial charge in [0.15, 0.2) is 0 Å². The van der Waals surface area contributed by atoms with Gasteiger partial charge >= 0.3 is 0 Å². The number of halogens is 2. The number of hydrogen-bond donors (Lipinski definition) is 2. The van der Waals surface area contributed by atoms with Crippen molar-refractivity contribution in [3.05, 3.63) is 17.5 Å². The van der Waals surface area contributed by atoms with Gasteiger partial charge in [-0.25, -0.2) is 0 Å². The SMILES string of the molecule is Cc1cc(C)n(CC(=O)NCC2(C)CCCNC2)n1.Cl.Cl. The number of amides is 1. The molecule has 1 amide bonds. The minimum Gasteiger partial charge on any atom is -0.354 e. The summed E-state index contributed by atoms with van der Waals surface area (Å²) in [5, 5.41) is 10.7. The first-order valence-corrected chi connectivity index (χ1v) is 6.97. The Bertz CT molecular complexity index is 456. The van der Waals surface area contributed by atoms with Crippen LogP contribution >= 0.6 is 24.8 Å². The minimum atomic E-state index is 0. The van der Waals surface area contributed by atoms with Crippen molar-refractivity contribution in [3.63, 3.8) is 0 Å². The van der Waals surface area contributed by atoms with Gasteiger partial charge in [0.05, 0.1) is 5.69 Å². The normalized spacial score (nSPS) is 21.1. The van der Waals surface area contributed by atoms with Crippen molar-refractivity contribution in [3.8, 4) is 0 Å². The van der Waals surface area contributed by atoms with Gasteiger partial charge in [0.1, 0.15) is 6.54 Å². The first kappa shape index (κ1) is 20.2. The molecule has 0 saturated carbocycles. The zero-order valence-electron chi connectivity index (χ0n) is 12.9. The lowest BCUT2D eigenvalue weighted by molar-refractivity contribution is -0.122. The Kier molecular flexibility index (Phi) is 8.29. The highest BCUT2D eigenvalue weighted by Crippen LogP contribution is 2.24. The number of rotatable bonds is 4. The Balaban J connectivity index is 0.00000200. The Morgan fingerprint density at radius 3 is 2.71 bits per heavy atom. The Labute approximate surface area is 139 Å². The zero-order chi connectivity index (χ0) is 13.9. The highest BCUT2D eigenvalue weighted by molar-refractivity contribution is 5.85. The van der Waals surface area contributed by atoms with E-state index in [0.717, 1.165) is 31.0 Å². The fourth-order valence-corrected chi connectivity index (χ4v) is 2.61. The molecule has 1 fully saturated rings. The molecule has 1 aliphatic rings. The van der Waals surface area contributed by atoms with E-state index in [9.17, 15) is 4.79 Å². The van der Waals surface area contributed by atoms with Crippen molar-refractivity contribution in [1.82, 2.24) is 20.4 Å². The molecule has 0 bridgehead atoms. The maximum atomic E-state index is 12.0. The molecule has 2 heterocycles. The molecule has 0 radical (unpaired) electrons. The minimum absolute atomic E-state index is 0. The van der Waals surface area contributed by atoms with Gasteiger partial charge in [-0.15, -0.1) is 24.8 Å². The highest BCUT2D eigenvalue weighted by Gasteiger charge is 2.27. The van der Waals surface area contributed by atoms with Crippen LogP contribution in [0.4, 0.5) is 0 Å². The number of carbonyl (C=O) groups is 1. The summed E-state index contributed by atoms with van der Waals surface area (Å²) in [6.45, 7) is 9.25. The molecule has 2 rings (SSSR count). The van der Waals surface area contributed by atoms with E-state index in [1.54, 1.807) is 4.68 Å². The number of nitrogens with one attached hydrogen (secondary N) is 2. The lowest BCUT2D eigenvalue weighted by Crippen LogP contribution is -2.46. The summed E-state index contributed by atoms with van der Waals surface area (Å²) in [5.74, 6) is 0.0398. The van der Waals surface area contributed by atoms with Crippen LogP contribution in [0.15, 0.2) is 6.07 Å². The predicted molar refractivity (Wildman–Crippen MR) is 89.4 cm³/mol. The number of hydrogen-bond acceptors (Lipinski definition) is 3. The highest BCUT2D eigenvalue weighted by atomic mass is 35.5. The van der Waals surface area contributed by atoms with E-state index in [0.29, 0.717) is 6.54 Å². The summed E-state index contributed by atoms with van der Waals surface area (Å²) in [5.41, 5.74) is 2.16. The number of nitrogens with zero attached hydrogens (tertiary/aromatic N) is 2. The monoisotopic (exact) mass is 336 g/mol. The van der Waals surface area contributed by atoms with Gasteiger partial charge in [-0.3, -0.25) is 9.48 Å². The van der Waals surface area contributed by atoms with Gasteiger partial charge in [0.2, 0.25) is 5.91 Å². The predicted octanol–water partition coefficient (Wildman–Crippen LogP) is 1.85. The van der Waals surface area contributed by atoms with E-state index in [2.05, 4.69) is 22.7 Å². The largest absolute Gasteiger partial charge is 0.354 e. The number of carbonyl (C=O) groups excluding carboxylic acids is 1. The molecule has 1 aromatic heterocycles. The average molecular weight is 337 g/mol. The molecule has 7 heteroatoms. The smallest absolute Gasteiger partial charge is 0.241 e. The maximum Gasteiger partial charge on any atom is 0.241 e. The van der Waals surface area contributed by atoms with Crippen molar-refractivity contribution in [2.24, 2.45) is 5.41 Å². The standard InChI is InChI=1S/C14H24N4O.2ClH/c1-11-7-12(2)18(17-11)8-13(19)16-10-14(3)5-4-6-15-9-14;;/h7,15H,4-6,8-10H2,1-3H3,(H,16,19);2*1H. The molecule has 0 aromatic carbocycles. The lowest BCUT2D eigenvalue weighted by atomic mass is 9.83. The second kappa shape index (κ2) is 8.61. The second-order valence-electron chi connectivity index (χ2n) is 5.95. The van der Waals surface area contributed by atoms with Crippen LogP contribution in [-0.4, -0.2) is 35.3 Å². The van der Waals surface area contributed by atoms with E-state index in [1.807, 2.05) is 19.9 Å². The summed E-state index contributed by atoms with van der Waals surface area (Å²) in [6, 6.07) is 1.99. The number of aromatic nitrogens is 2. The third kappa shape index (κ3) is 5.85. The van der Waals surface area contributed by atoms with Gasteiger partial charge in [-0.1, -0.05) is 6.92 Å². The maximum absolute atomic E-state index is 12.0. The summed E-state index contributed by atoms with van der Waals surface area (Å²) in [7, 11) is 0. The fraction of sp³-hybridized carbons (Fsp3) is 0.714. The molecule has 1 aromatic rings. The van der Waals surface area contributed by atoms with E-state index in [-0.39, 0.29) is 36.1 Å². The van der Waals surface area contributed by atoms with Gasteiger partial charge in [-0.05, 0) is 44.7 Å². The molecule has 1 unspecified atom stereocenters. The summed E-state index contributed by atoms with van der Waals surface area (Å²) < 4.78 is 1.76. The van der Waals surface area contributed by atoms with E-state index in [4.69, 9.17) is 0 Å². The average Bonchev–Trinajstić information content (AvgIpc) is 2.66. The molecule has 122 valence electrons. The third-order valence-electron chi connectivity index (χ3n) is 3.79. The van der Waals surface area contributed by atoms with Crippen molar-refractivity contribution < 1.29 is 4.79 Å². The first-order valence-electron chi connectivity index (χ1n) is 6.97. The van der Waals surface area contributed by atoms with E-state index < -0.39 is 0 Å². The van der Waals surface area contributed by atoms with Gasteiger partial charge in [0.25, 0.3) is 0 Å².